The number of nitrogens with zero attached hydrogens (tertiary/aromatic N) is 2. The van der Waals surface area contributed by atoms with E-state index in [1.807, 2.05) is 30.3 Å². The summed E-state index contributed by atoms with van der Waals surface area (Å²) >= 11 is 1.51. The molecule has 1 aliphatic heterocycles. The van der Waals surface area contributed by atoms with Gasteiger partial charge in [-0.2, -0.15) is 0 Å². The van der Waals surface area contributed by atoms with Gasteiger partial charge in [-0.15, -0.1) is 11.3 Å². The number of hydrogen-bond donors (Lipinski definition) is 0. The Kier molecular flexibility index (Phi) is 3.83. The van der Waals surface area contributed by atoms with Crippen LogP contribution in [0.4, 0.5) is 5.82 Å². The Balaban J connectivity index is 2.00. The van der Waals surface area contributed by atoms with E-state index < -0.39 is 0 Å². The van der Waals surface area contributed by atoms with Crippen LogP contribution in [0.2, 0.25) is 0 Å². The molecule has 1 saturated heterocycles. The molecule has 1 aromatic heterocycles. The topological polar surface area (TPSA) is 33.2 Å². The maximum Gasteiger partial charge on any atom is 0.173 e. The Morgan fingerprint density at radius 3 is 2.50 bits per heavy atom. The van der Waals surface area contributed by atoms with Crippen molar-refractivity contribution in [2.75, 3.05) is 18.0 Å². The first kappa shape index (κ1) is 13.3. The Morgan fingerprint density at radius 1 is 1.15 bits per heavy atom. The van der Waals surface area contributed by atoms with Gasteiger partial charge in [0.05, 0.1) is 0 Å². The first-order valence-electron chi connectivity index (χ1n) is 7.08. The molecule has 0 N–H and O–H groups in total. The van der Waals surface area contributed by atoms with Crippen LogP contribution in [0, 0.1) is 0 Å². The largest absolute Gasteiger partial charge is 0.355 e. The second kappa shape index (κ2) is 5.75. The van der Waals surface area contributed by atoms with Crippen LogP contribution in [0.5, 0.6) is 0 Å². The quantitative estimate of drug-likeness (QED) is 0.799. The van der Waals surface area contributed by atoms with Gasteiger partial charge in [-0.05, 0) is 19.3 Å². The van der Waals surface area contributed by atoms with E-state index in [0.29, 0.717) is 0 Å². The van der Waals surface area contributed by atoms with Crippen molar-refractivity contribution >= 4 is 22.9 Å². The molecule has 0 aliphatic carbocycles. The first-order chi connectivity index (χ1) is 9.75. The molecule has 0 saturated carbocycles. The molecule has 0 bridgehead atoms. The molecule has 1 aromatic carbocycles. The lowest BCUT2D eigenvalue weighted by atomic mass is 10.1. The fraction of sp³-hybridized carbons (Fsp3) is 0.375. The van der Waals surface area contributed by atoms with Crippen LogP contribution >= 0.6 is 11.3 Å². The van der Waals surface area contributed by atoms with E-state index in [1.165, 1.54) is 30.6 Å². The second-order valence-corrected chi connectivity index (χ2v) is 6.14. The molecule has 1 aliphatic rings. The molecule has 1 fully saturated rings. The van der Waals surface area contributed by atoms with E-state index in [2.05, 4.69) is 4.90 Å². The fourth-order valence-corrected chi connectivity index (χ4v) is 3.55. The van der Waals surface area contributed by atoms with Gasteiger partial charge in [-0.1, -0.05) is 30.3 Å². The predicted octanol–water partition coefficient (Wildman–Crippen LogP) is 4.00. The Bertz CT molecular complexity index is 600. The van der Waals surface area contributed by atoms with Crippen LogP contribution in [0.15, 0.2) is 30.3 Å². The highest BCUT2D eigenvalue weighted by Gasteiger charge is 2.22. The molecule has 2 aromatic rings. The minimum absolute atomic E-state index is 0.116. The number of Topliss-reactive ketones (excluding diaryl/α,β-unsaturated/α-hetero) is 1. The summed E-state index contributed by atoms with van der Waals surface area (Å²) in [6.45, 7) is 3.66. The summed E-state index contributed by atoms with van der Waals surface area (Å²) < 4.78 is 0. The highest BCUT2D eigenvalue weighted by atomic mass is 32.1. The van der Waals surface area contributed by atoms with Crippen molar-refractivity contribution in [1.82, 2.24) is 4.98 Å². The summed E-state index contributed by atoms with van der Waals surface area (Å²) in [6, 6.07) is 10.1. The zero-order valence-electron chi connectivity index (χ0n) is 11.6. The number of piperidine rings is 1. The van der Waals surface area contributed by atoms with Gasteiger partial charge in [0.2, 0.25) is 0 Å². The van der Waals surface area contributed by atoms with Gasteiger partial charge >= 0.3 is 0 Å². The molecule has 3 rings (SSSR count). The number of benzene rings is 1. The summed E-state index contributed by atoms with van der Waals surface area (Å²) in [5.74, 6) is 1.01. The average molecular weight is 286 g/mol. The van der Waals surface area contributed by atoms with Crippen LogP contribution in [-0.4, -0.2) is 23.9 Å². The third-order valence-corrected chi connectivity index (χ3v) is 4.80. The van der Waals surface area contributed by atoms with E-state index in [1.54, 1.807) is 6.92 Å². The molecule has 0 spiro atoms. The Labute approximate surface area is 123 Å². The normalized spacial score (nSPS) is 15.3. The van der Waals surface area contributed by atoms with Crippen molar-refractivity contribution in [2.24, 2.45) is 0 Å². The molecule has 2 heterocycles. The zero-order chi connectivity index (χ0) is 13.9. The lowest BCUT2D eigenvalue weighted by molar-refractivity contribution is 0.102. The van der Waals surface area contributed by atoms with Gasteiger partial charge in [0.25, 0.3) is 0 Å². The highest BCUT2D eigenvalue weighted by molar-refractivity contribution is 7.17. The number of carbonyl (C=O) groups is 1. The van der Waals surface area contributed by atoms with Crippen molar-refractivity contribution < 1.29 is 4.79 Å². The monoisotopic (exact) mass is 286 g/mol. The summed E-state index contributed by atoms with van der Waals surface area (Å²) in [6.07, 6.45) is 3.66. The maximum absolute atomic E-state index is 11.9. The van der Waals surface area contributed by atoms with Crippen molar-refractivity contribution in [3.05, 3.63) is 35.2 Å². The summed E-state index contributed by atoms with van der Waals surface area (Å²) in [7, 11) is 0. The number of carbonyl (C=O) groups excluding carboxylic acids is 1. The number of rotatable bonds is 3. The molecular formula is C16H18N2OS. The van der Waals surface area contributed by atoms with Crippen LogP contribution in [0.1, 0.15) is 35.9 Å². The van der Waals surface area contributed by atoms with Crippen LogP contribution in [0.3, 0.4) is 0 Å². The second-order valence-electron chi connectivity index (χ2n) is 5.14. The third-order valence-electron chi connectivity index (χ3n) is 3.61. The molecule has 0 amide bonds. The lowest BCUT2D eigenvalue weighted by Crippen LogP contribution is -2.30. The van der Waals surface area contributed by atoms with Crippen molar-refractivity contribution in [1.29, 1.82) is 0 Å². The van der Waals surface area contributed by atoms with Gasteiger partial charge < -0.3 is 4.90 Å². The van der Waals surface area contributed by atoms with Gasteiger partial charge in [-0.3, -0.25) is 4.79 Å². The van der Waals surface area contributed by atoms with Crippen LogP contribution in [0.25, 0.3) is 10.6 Å². The first-order valence-corrected chi connectivity index (χ1v) is 7.89. The molecule has 104 valence electrons. The molecule has 20 heavy (non-hydrogen) atoms. The number of thiazole rings is 1. The van der Waals surface area contributed by atoms with E-state index in [4.69, 9.17) is 4.98 Å². The Morgan fingerprint density at radius 2 is 1.85 bits per heavy atom. The van der Waals surface area contributed by atoms with E-state index >= 15 is 0 Å². The molecular weight excluding hydrogens is 268 g/mol. The predicted molar refractivity (Wildman–Crippen MR) is 83.6 cm³/mol. The van der Waals surface area contributed by atoms with Crippen molar-refractivity contribution in [3.8, 4) is 10.6 Å². The molecule has 0 atom stereocenters. The third kappa shape index (κ3) is 2.61. The number of ketones is 1. The van der Waals surface area contributed by atoms with Gasteiger partial charge in [0.1, 0.15) is 9.88 Å². The number of hydrogen-bond acceptors (Lipinski definition) is 4. The lowest BCUT2D eigenvalue weighted by Gasteiger charge is -2.27. The molecule has 0 unspecified atom stereocenters. The van der Waals surface area contributed by atoms with Crippen LogP contribution < -0.4 is 4.90 Å². The standard InChI is InChI=1S/C16H18N2OS/c1-12(19)14-15(18-10-6-3-7-11-18)17-16(20-14)13-8-4-2-5-9-13/h2,4-5,8-9H,3,6-7,10-11H2,1H3. The van der Waals surface area contributed by atoms with Gasteiger partial charge in [0.15, 0.2) is 11.6 Å². The van der Waals surface area contributed by atoms with E-state index in [0.717, 1.165) is 34.4 Å². The number of anilines is 1. The van der Waals surface area contributed by atoms with E-state index in [9.17, 15) is 4.79 Å². The SMILES string of the molecule is CC(=O)c1sc(-c2ccccc2)nc1N1CCCCC1. The smallest absolute Gasteiger partial charge is 0.173 e. The highest BCUT2D eigenvalue weighted by Crippen LogP contribution is 2.34. The molecule has 3 nitrogen and oxygen atoms in total. The zero-order valence-corrected chi connectivity index (χ0v) is 12.4. The minimum atomic E-state index is 0.116. The summed E-state index contributed by atoms with van der Waals surface area (Å²) in [5.41, 5.74) is 1.09. The van der Waals surface area contributed by atoms with E-state index in [-0.39, 0.29) is 5.78 Å². The van der Waals surface area contributed by atoms with Crippen molar-refractivity contribution in [3.63, 3.8) is 0 Å². The Hall–Kier alpha value is -1.68. The minimum Gasteiger partial charge on any atom is -0.355 e. The van der Waals surface area contributed by atoms with Gasteiger partial charge in [-0.25, -0.2) is 4.98 Å². The van der Waals surface area contributed by atoms with Crippen molar-refractivity contribution in [2.45, 2.75) is 26.2 Å². The summed E-state index contributed by atoms with van der Waals surface area (Å²) in [5, 5.41) is 0.941. The average Bonchev–Trinajstić information content (AvgIpc) is 2.94. The van der Waals surface area contributed by atoms with Gasteiger partial charge in [0, 0.05) is 25.6 Å². The summed E-state index contributed by atoms with van der Waals surface area (Å²) in [4.78, 5) is 19.7. The number of aromatic nitrogens is 1. The molecule has 0 radical (unpaired) electrons. The fourth-order valence-electron chi connectivity index (χ4n) is 2.57. The molecule has 4 heteroatoms. The van der Waals surface area contributed by atoms with Crippen LogP contribution in [-0.2, 0) is 0 Å². The maximum atomic E-state index is 11.9.